The lowest BCUT2D eigenvalue weighted by Crippen LogP contribution is -2.21. The van der Waals surface area contributed by atoms with Crippen molar-refractivity contribution in [1.29, 1.82) is 5.26 Å². The summed E-state index contributed by atoms with van der Waals surface area (Å²) < 4.78 is 28.9. The molecule has 3 aromatic rings. The fourth-order valence-electron chi connectivity index (χ4n) is 5.18. The Morgan fingerprint density at radius 3 is 2.00 bits per heavy atom. The van der Waals surface area contributed by atoms with Crippen LogP contribution in [-0.4, -0.2) is 8.80 Å². The van der Waals surface area contributed by atoms with Crippen LogP contribution in [0.4, 0.5) is 8.78 Å². The van der Waals surface area contributed by atoms with Gasteiger partial charge in [-0.15, -0.1) is 0 Å². The molecule has 0 amide bonds. The van der Waals surface area contributed by atoms with Gasteiger partial charge >= 0.3 is 0 Å². The van der Waals surface area contributed by atoms with Gasteiger partial charge in [-0.2, -0.15) is 5.26 Å². The fraction of sp³-hybridized carbons (Fsp3) is 0.387. The van der Waals surface area contributed by atoms with Crippen molar-refractivity contribution in [3.63, 3.8) is 0 Å². The van der Waals surface area contributed by atoms with E-state index in [9.17, 15) is 8.78 Å². The average molecular weight is 487 g/mol. The van der Waals surface area contributed by atoms with Crippen LogP contribution in [0.3, 0.4) is 0 Å². The summed E-state index contributed by atoms with van der Waals surface area (Å²) in [4.78, 5) is 0. The van der Waals surface area contributed by atoms with E-state index in [1.54, 1.807) is 12.1 Å². The predicted octanol–water partition coefficient (Wildman–Crippen LogP) is 9.20. The van der Waals surface area contributed by atoms with Gasteiger partial charge in [-0.3, -0.25) is 0 Å². The molecule has 0 unspecified atom stereocenters. The van der Waals surface area contributed by atoms with E-state index in [0.717, 1.165) is 41.0 Å². The summed E-state index contributed by atoms with van der Waals surface area (Å²) in [6.07, 6.45) is 8.71. The van der Waals surface area contributed by atoms with Gasteiger partial charge in [-0.1, -0.05) is 99.6 Å². The van der Waals surface area contributed by atoms with Gasteiger partial charge in [0.05, 0.1) is 5.56 Å². The maximum atomic E-state index is 14.9. The number of aryl methyl sites for hydroxylation is 1. The molecule has 1 heterocycles. The smallest absolute Gasteiger partial charge is 0.141 e. The molecule has 1 radical (unpaired) electrons. The van der Waals surface area contributed by atoms with E-state index in [1.807, 2.05) is 42.5 Å². The number of hydrogen-bond acceptors (Lipinski definition) is 1. The summed E-state index contributed by atoms with van der Waals surface area (Å²) >= 11 is 0. The van der Waals surface area contributed by atoms with E-state index >= 15 is 0 Å². The molecule has 4 heteroatoms. The van der Waals surface area contributed by atoms with E-state index in [2.05, 4.69) is 6.92 Å². The lowest BCUT2D eigenvalue weighted by atomic mass is 9.93. The molecular weight excluding hydrogens is 452 g/mol. The molecule has 1 aliphatic rings. The molecule has 0 atom stereocenters. The highest BCUT2D eigenvalue weighted by Crippen LogP contribution is 2.32. The SMILES string of the molecule is CCCCC[Si]1CCC(CCc2ccc(-c3ccc(-c4ccc(C#N)c(F)c4)cc3)cc2F)CC1. The Hall–Kier alpha value is -2.77. The quantitative estimate of drug-likeness (QED) is 0.218. The van der Waals surface area contributed by atoms with E-state index in [-0.39, 0.29) is 20.2 Å². The highest BCUT2D eigenvalue weighted by Gasteiger charge is 2.22. The fourth-order valence-corrected chi connectivity index (χ4v) is 8.31. The number of unbranched alkanes of at least 4 members (excludes halogenated alkanes) is 2. The van der Waals surface area contributed by atoms with Crippen molar-refractivity contribution in [3.8, 4) is 28.3 Å². The van der Waals surface area contributed by atoms with Gasteiger partial charge in [0.25, 0.3) is 0 Å². The minimum absolute atomic E-state index is 0.0392. The van der Waals surface area contributed by atoms with Crippen molar-refractivity contribution in [2.45, 2.75) is 70.0 Å². The maximum absolute atomic E-state index is 14.9. The zero-order valence-corrected chi connectivity index (χ0v) is 21.6. The summed E-state index contributed by atoms with van der Waals surface area (Å²) in [7, 11) is -0.110. The van der Waals surface area contributed by atoms with Gasteiger partial charge in [-0.25, -0.2) is 8.78 Å². The molecule has 1 saturated heterocycles. The molecule has 1 fully saturated rings. The highest BCUT2D eigenvalue weighted by atomic mass is 28.3. The number of benzene rings is 3. The molecule has 4 rings (SSSR count). The molecule has 1 nitrogen and oxygen atoms in total. The Morgan fingerprint density at radius 2 is 1.43 bits per heavy atom. The van der Waals surface area contributed by atoms with E-state index in [4.69, 9.17) is 5.26 Å². The monoisotopic (exact) mass is 486 g/mol. The van der Waals surface area contributed by atoms with E-state index in [1.165, 1.54) is 62.4 Å². The molecule has 0 bridgehead atoms. The van der Waals surface area contributed by atoms with Crippen LogP contribution in [0.15, 0.2) is 60.7 Å². The minimum Gasteiger partial charge on any atom is -0.207 e. The summed E-state index contributed by atoms with van der Waals surface area (Å²) in [5.74, 6) is 0.114. The third kappa shape index (κ3) is 6.67. The van der Waals surface area contributed by atoms with Gasteiger partial charge in [0.1, 0.15) is 17.7 Å². The summed E-state index contributed by atoms with van der Waals surface area (Å²) in [6, 6.07) is 24.1. The van der Waals surface area contributed by atoms with Crippen molar-refractivity contribution in [3.05, 3.63) is 83.4 Å². The Bertz CT molecular complexity index is 1160. The normalized spacial score (nSPS) is 14.7. The lowest BCUT2D eigenvalue weighted by Gasteiger charge is -2.27. The summed E-state index contributed by atoms with van der Waals surface area (Å²) in [6.45, 7) is 2.28. The molecule has 1 aliphatic heterocycles. The molecule has 0 saturated carbocycles. The van der Waals surface area contributed by atoms with Gasteiger partial charge in [0, 0.05) is 8.80 Å². The summed E-state index contributed by atoms with van der Waals surface area (Å²) in [5, 5.41) is 8.91. The number of rotatable bonds is 9. The van der Waals surface area contributed by atoms with Gasteiger partial charge in [0.15, 0.2) is 0 Å². The third-order valence-electron chi connectivity index (χ3n) is 7.46. The second kappa shape index (κ2) is 12.3. The minimum atomic E-state index is -0.520. The number of halogens is 2. The molecule has 0 aromatic heterocycles. The molecule has 0 N–H and O–H groups in total. The van der Waals surface area contributed by atoms with Crippen LogP contribution >= 0.6 is 0 Å². The van der Waals surface area contributed by atoms with Crippen molar-refractivity contribution >= 4 is 8.80 Å². The van der Waals surface area contributed by atoms with Crippen molar-refractivity contribution < 1.29 is 8.78 Å². The predicted molar refractivity (Wildman–Crippen MR) is 143 cm³/mol. The zero-order valence-electron chi connectivity index (χ0n) is 20.6. The number of hydrogen-bond donors (Lipinski definition) is 0. The summed E-state index contributed by atoms with van der Waals surface area (Å²) in [5.41, 5.74) is 4.21. The number of nitrogens with zero attached hydrogens (tertiary/aromatic N) is 1. The van der Waals surface area contributed by atoms with Crippen LogP contribution in [0.25, 0.3) is 22.3 Å². The highest BCUT2D eigenvalue weighted by molar-refractivity contribution is 6.58. The molecule has 35 heavy (non-hydrogen) atoms. The number of nitriles is 1. The first-order valence-electron chi connectivity index (χ1n) is 13.0. The molecule has 0 aliphatic carbocycles. The van der Waals surface area contributed by atoms with Crippen LogP contribution in [0, 0.1) is 28.9 Å². The van der Waals surface area contributed by atoms with Crippen molar-refractivity contribution in [2.24, 2.45) is 5.92 Å². The molecule has 3 aromatic carbocycles. The first-order valence-corrected chi connectivity index (χ1v) is 15.1. The molecule has 181 valence electrons. The third-order valence-corrected chi connectivity index (χ3v) is 10.5. The van der Waals surface area contributed by atoms with E-state index in [0.29, 0.717) is 5.56 Å². The van der Waals surface area contributed by atoms with Gasteiger partial charge in [0.2, 0.25) is 0 Å². The van der Waals surface area contributed by atoms with Gasteiger partial charge in [-0.05, 0) is 64.8 Å². The second-order valence-electron chi connectivity index (χ2n) is 9.88. The largest absolute Gasteiger partial charge is 0.207 e. The second-order valence-corrected chi connectivity index (χ2v) is 12.9. The standard InChI is InChI=1S/C31H34F2NSi/c1-2-3-4-17-35-18-15-23(16-19-35)5-6-26-11-12-27(20-30(26)32)24-7-9-25(10-8-24)28-13-14-29(22-34)31(33)21-28/h7-14,20-21,23H,2-6,15-19H2,1H3. The van der Waals surface area contributed by atoms with Crippen LogP contribution in [-0.2, 0) is 6.42 Å². The average Bonchev–Trinajstić information content (AvgIpc) is 2.89. The first kappa shape index (κ1) is 25.3. The lowest BCUT2D eigenvalue weighted by molar-refractivity contribution is 0.433. The van der Waals surface area contributed by atoms with Gasteiger partial charge < -0.3 is 0 Å². The Labute approximate surface area is 210 Å². The molecular formula is C31H34F2NSi. The van der Waals surface area contributed by atoms with Crippen molar-refractivity contribution in [1.82, 2.24) is 0 Å². The first-order chi connectivity index (χ1) is 17.1. The van der Waals surface area contributed by atoms with Crippen LogP contribution in [0.2, 0.25) is 18.1 Å². The van der Waals surface area contributed by atoms with Crippen molar-refractivity contribution in [2.75, 3.05) is 0 Å². The van der Waals surface area contributed by atoms with Crippen LogP contribution in [0.5, 0.6) is 0 Å². The molecule has 0 spiro atoms. The maximum Gasteiger partial charge on any atom is 0.141 e. The topological polar surface area (TPSA) is 23.8 Å². The zero-order chi connectivity index (χ0) is 24.6. The van der Waals surface area contributed by atoms with Crippen LogP contribution < -0.4 is 0 Å². The Morgan fingerprint density at radius 1 is 0.829 bits per heavy atom. The Kier molecular flexibility index (Phi) is 8.88. The van der Waals surface area contributed by atoms with Crippen LogP contribution in [0.1, 0.15) is 56.6 Å². The Balaban J connectivity index is 1.33. The van der Waals surface area contributed by atoms with E-state index < -0.39 is 5.82 Å².